The van der Waals surface area contributed by atoms with Gasteiger partial charge in [-0.15, -0.1) is 0 Å². The summed E-state index contributed by atoms with van der Waals surface area (Å²) >= 11 is 6.07. The zero-order valence-electron chi connectivity index (χ0n) is 14.2. The van der Waals surface area contributed by atoms with Crippen LogP contribution in [0.15, 0.2) is 24.4 Å². The van der Waals surface area contributed by atoms with Crippen LogP contribution in [-0.2, 0) is 16.0 Å². The topological polar surface area (TPSA) is 42.1 Å². The highest BCUT2D eigenvalue weighted by Gasteiger charge is 2.15. The molecule has 1 aliphatic carbocycles. The van der Waals surface area contributed by atoms with E-state index in [1.165, 1.54) is 37.7 Å². The number of carbonyl (C=O) groups is 1. The van der Waals surface area contributed by atoms with E-state index < -0.39 is 0 Å². The average molecular weight is 348 g/mol. The number of hydrogen-bond donors (Lipinski definition) is 1. The van der Waals surface area contributed by atoms with Crippen LogP contribution in [0.5, 0.6) is 0 Å². The highest BCUT2D eigenvalue weighted by atomic mass is 35.5. The zero-order valence-corrected chi connectivity index (χ0v) is 14.9. The Labute approximate surface area is 148 Å². The van der Waals surface area contributed by atoms with E-state index >= 15 is 0 Å². The van der Waals surface area contributed by atoms with Crippen LogP contribution in [0.2, 0.25) is 5.02 Å². The minimum atomic E-state index is -0.0393. The van der Waals surface area contributed by atoms with Crippen LogP contribution < -0.4 is 0 Å². The molecule has 0 amide bonds. The average Bonchev–Trinajstić information content (AvgIpc) is 3.00. The first-order valence-electron chi connectivity index (χ1n) is 9.13. The van der Waals surface area contributed by atoms with Gasteiger partial charge in [0.2, 0.25) is 0 Å². The number of aromatic amines is 1. The number of halogens is 1. The van der Waals surface area contributed by atoms with Gasteiger partial charge in [0.05, 0.1) is 6.61 Å². The van der Waals surface area contributed by atoms with Gasteiger partial charge in [0.15, 0.2) is 0 Å². The number of fused-ring (bicyclic) bond motifs is 1. The van der Waals surface area contributed by atoms with Crippen LogP contribution >= 0.6 is 11.6 Å². The molecule has 0 spiro atoms. The first-order chi connectivity index (χ1) is 11.7. The van der Waals surface area contributed by atoms with Gasteiger partial charge in [-0.1, -0.05) is 43.7 Å². The Morgan fingerprint density at radius 1 is 1.25 bits per heavy atom. The molecule has 0 atom stereocenters. The molecule has 1 heterocycles. The maximum atomic E-state index is 11.9. The number of carbonyl (C=O) groups excluding carboxylic acids is 1. The van der Waals surface area contributed by atoms with Crippen LogP contribution in [0.25, 0.3) is 10.9 Å². The lowest BCUT2D eigenvalue weighted by molar-refractivity contribution is -0.144. The van der Waals surface area contributed by atoms with E-state index in [0.29, 0.717) is 13.0 Å². The Hall–Kier alpha value is -1.48. The molecule has 4 heteroatoms. The highest BCUT2D eigenvalue weighted by Crippen LogP contribution is 2.27. The highest BCUT2D eigenvalue weighted by molar-refractivity contribution is 6.31. The minimum absolute atomic E-state index is 0.0393. The fourth-order valence-electron chi connectivity index (χ4n) is 3.68. The summed E-state index contributed by atoms with van der Waals surface area (Å²) in [5.74, 6) is 0.699. The molecule has 0 radical (unpaired) electrons. The van der Waals surface area contributed by atoms with Crippen molar-refractivity contribution in [2.24, 2.45) is 5.92 Å². The van der Waals surface area contributed by atoms with Gasteiger partial charge in [-0.2, -0.15) is 0 Å². The van der Waals surface area contributed by atoms with Crippen LogP contribution in [-0.4, -0.2) is 17.6 Å². The van der Waals surface area contributed by atoms with Crippen LogP contribution in [0.3, 0.4) is 0 Å². The maximum Gasteiger partial charge on any atom is 0.305 e. The summed E-state index contributed by atoms with van der Waals surface area (Å²) in [6.07, 6.45) is 11.9. The van der Waals surface area contributed by atoms with E-state index in [0.717, 1.165) is 41.1 Å². The fraction of sp³-hybridized carbons (Fsp3) is 0.550. The van der Waals surface area contributed by atoms with E-state index in [4.69, 9.17) is 16.3 Å². The number of ether oxygens (including phenoxy) is 1. The van der Waals surface area contributed by atoms with Gasteiger partial charge >= 0.3 is 5.97 Å². The largest absolute Gasteiger partial charge is 0.466 e. The molecule has 2 aromatic rings. The van der Waals surface area contributed by atoms with Crippen molar-refractivity contribution in [3.63, 3.8) is 0 Å². The number of esters is 1. The molecule has 0 aliphatic heterocycles. The van der Waals surface area contributed by atoms with Gasteiger partial charge < -0.3 is 9.72 Å². The predicted molar refractivity (Wildman–Crippen MR) is 98.4 cm³/mol. The smallest absolute Gasteiger partial charge is 0.305 e. The van der Waals surface area contributed by atoms with Crippen molar-refractivity contribution in [3.8, 4) is 0 Å². The van der Waals surface area contributed by atoms with Gasteiger partial charge in [-0.05, 0) is 48.9 Å². The monoisotopic (exact) mass is 347 g/mol. The van der Waals surface area contributed by atoms with E-state index in [1.54, 1.807) is 0 Å². The molecule has 130 valence electrons. The zero-order chi connectivity index (χ0) is 16.8. The van der Waals surface area contributed by atoms with Gasteiger partial charge in [0.25, 0.3) is 0 Å². The van der Waals surface area contributed by atoms with Crippen LogP contribution in [0.4, 0.5) is 0 Å². The lowest BCUT2D eigenvalue weighted by atomic mass is 9.86. The number of rotatable bonds is 7. The van der Waals surface area contributed by atoms with E-state index in [1.807, 2.05) is 24.4 Å². The first-order valence-corrected chi connectivity index (χ1v) is 9.51. The number of H-pyrrole nitrogens is 1. The Bertz CT molecular complexity index is 673. The molecule has 1 aromatic carbocycles. The van der Waals surface area contributed by atoms with Gasteiger partial charge in [-0.3, -0.25) is 4.79 Å². The van der Waals surface area contributed by atoms with E-state index in [-0.39, 0.29) is 5.97 Å². The van der Waals surface area contributed by atoms with Crippen molar-refractivity contribution in [2.75, 3.05) is 6.61 Å². The van der Waals surface area contributed by atoms with Crippen molar-refractivity contribution in [3.05, 3.63) is 35.0 Å². The fourth-order valence-corrected chi connectivity index (χ4v) is 3.85. The summed E-state index contributed by atoms with van der Waals surface area (Å²) in [4.78, 5) is 15.1. The first kappa shape index (κ1) is 17.3. The predicted octanol–water partition coefficient (Wildman–Crippen LogP) is 5.66. The SMILES string of the molecule is O=C(CCC1CCCCC1)OCCCc1c[nH]c2ccc(Cl)cc12. The molecule has 1 N–H and O–H groups in total. The lowest BCUT2D eigenvalue weighted by Crippen LogP contribution is -2.11. The van der Waals surface area contributed by atoms with Crippen LogP contribution in [0.1, 0.15) is 56.9 Å². The van der Waals surface area contributed by atoms with Crippen LogP contribution in [0, 0.1) is 5.92 Å². The van der Waals surface area contributed by atoms with Gasteiger partial charge in [0, 0.05) is 28.5 Å². The summed E-state index contributed by atoms with van der Waals surface area (Å²) in [6, 6.07) is 5.86. The van der Waals surface area contributed by atoms with E-state index in [2.05, 4.69) is 4.98 Å². The number of hydrogen-bond acceptors (Lipinski definition) is 2. The summed E-state index contributed by atoms with van der Waals surface area (Å²) in [6.45, 7) is 0.497. The van der Waals surface area contributed by atoms with Crippen molar-refractivity contribution >= 4 is 28.5 Å². The number of nitrogens with one attached hydrogen (secondary N) is 1. The summed E-state index contributed by atoms with van der Waals surface area (Å²) in [5, 5.41) is 1.91. The normalized spacial score (nSPS) is 15.7. The molecule has 3 rings (SSSR count). The molecule has 1 fully saturated rings. The molecule has 3 nitrogen and oxygen atoms in total. The van der Waals surface area contributed by atoms with Crippen molar-refractivity contribution in [1.29, 1.82) is 0 Å². The van der Waals surface area contributed by atoms with Crippen molar-refractivity contribution in [1.82, 2.24) is 4.98 Å². The Morgan fingerprint density at radius 3 is 2.92 bits per heavy atom. The second-order valence-electron chi connectivity index (χ2n) is 6.87. The molecule has 1 aliphatic rings. The lowest BCUT2D eigenvalue weighted by Gasteiger charge is -2.20. The summed E-state index contributed by atoms with van der Waals surface area (Å²) < 4.78 is 5.39. The Balaban J connectivity index is 1.36. The Morgan fingerprint density at radius 2 is 2.08 bits per heavy atom. The van der Waals surface area contributed by atoms with Crippen molar-refractivity contribution < 1.29 is 9.53 Å². The Kier molecular flexibility index (Phi) is 6.19. The molecule has 1 saturated carbocycles. The number of benzene rings is 1. The van der Waals surface area contributed by atoms with Gasteiger partial charge in [0.1, 0.15) is 0 Å². The quantitative estimate of drug-likeness (QED) is 0.518. The number of aromatic nitrogens is 1. The molecule has 1 aromatic heterocycles. The molecule has 0 saturated heterocycles. The molecule has 0 bridgehead atoms. The standard InChI is InChI=1S/C20H26ClNO2/c21-17-9-10-19-18(13-17)16(14-22-19)7-4-12-24-20(23)11-8-15-5-2-1-3-6-15/h9-10,13-15,22H,1-8,11-12H2. The molecule has 24 heavy (non-hydrogen) atoms. The maximum absolute atomic E-state index is 11.9. The molecular formula is C20H26ClNO2. The summed E-state index contributed by atoms with van der Waals surface area (Å²) in [7, 11) is 0. The second-order valence-corrected chi connectivity index (χ2v) is 7.31. The minimum Gasteiger partial charge on any atom is -0.466 e. The third-order valence-corrected chi connectivity index (χ3v) is 5.30. The van der Waals surface area contributed by atoms with Crippen molar-refractivity contribution in [2.45, 2.75) is 57.8 Å². The molecular weight excluding hydrogens is 322 g/mol. The second kappa shape index (κ2) is 8.57. The third-order valence-electron chi connectivity index (χ3n) is 5.06. The van der Waals surface area contributed by atoms with Gasteiger partial charge in [-0.25, -0.2) is 0 Å². The summed E-state index contributed by atoms with van der Waals surface area (Å²) in [5.41, 5.74) is 2.32. The number of aryl methyl sites for hydroxylation is 1. The molecule has 0 unspecified atom stereocenters. The van der Waals surface area contributed by atoms with E-state index in [9.17, 15) is 4.79 Å². The third kappa shape index (κ3) is 4.76.